The minimum atomic E-state index is -3.89. The van der Waals surface area contributed by atoms with E-state index in [9.17, 15) is 45.0 Å². The summed E-state index contributed by atoms with van der Waals surface area (Å²) >= 11 is 0. The second kappa shape index (κ2) is 5.07. The Kier molecular flexibility index (Phi) is 3.64. The lowest BCUT2D eigenvalue weighted by Crippen LogP contribution is -2.84. The van der Waals surface area contributed by atoms with Crippen LogP contribution in [0.2, 0.25) is 0 Å². The zero-order chi connectivity index (χ0) is 18.8. The topological polar surface area (TPSA) is 210 Å². The summed E-state index contributed by atoms with van der Waals surface area (Å²) in [6.45, 7) is -1.10. The lowest BCUT2D eigenvalue weighted by atomic mass is 9.86. The highest BCUT2D eigenvalue weighted by Crippen LogP contribution is 2.49. The van der Waals surface area contributed by atoms with Crippen LogP contribution in [0.5, 0.6) is 0 Å². The molecule has 6 N–H and O–H groups in total. The summed E-state index contributed by atoms with van der Waals surface area (Å²) in [5.41, 5.74) is -2.83. The van der Waals surface area contributed by atoms with E-state index >= 15 is 0 Å². The SMILES string of the molecule is O=C1CC2(O)CC(=O)O[C@@]3(O)[C@@H](O)[C@@H](CO)OC(O)(O1)[C@]3(O)OC2=O. The zero-order valence-corrected chi connectivity index (χ0v) is 12.3. The number of hydrogen-bond acceptors (Lipinski definition) is 13. The van der Waals surface area contributed by atoms with E-state index in [1.807, 2.05) is 0 Å². The molecular weight excluding hydrogens is 352 g/mol. The molecule has 0 aromatic heterocycles. The molecule has 3 aliphatic rings. The molecule has 3 fully saturated rings. The van der Waals surface area contributed by atoms with Crippen molar-refractivity contribution in [2.75, 3.05) is 6.61 Å². The van der Waals surface area contributed by atoms with Crippen molar-refractivity contribution in [3.05, 3.63) is 0 Å². The van der Waals surface area contributed by atoms with Gasteiger partial charge in [0.25, 0.3) is 0 Å². The van der Waals surface area contributed by atoms with Gasteiger partial charge in [-0.15, -0.1) is 0 Å². The van der Waals surface area contributed by atoms with Crippen LogP contribution < -0.4 is 0 Å². The van der Waals surface area contributed by atoms with Crippen LogP contribution in [0.4, 0.5) is 0 Å². The Labute approximate surface area is 137 Å². The van der Waals surface area contributed by atoms with Crippen molar-refractivity contribution in [1.29, 1.82) is 0 Å². The second-order valence-electron chi connectivity index (χ2n) is 5.93. The van der Waals surface area contributed by atoms with Gasteiger partial charge in [-0.2, -0.15) is 0 Å². The lowest BCUT2D eigenvalue weighted by molar-refractivity contribution is -0.561. The molecule has 6 atom stereocenters. The number of aliphatic hydroxyl groups excluding tert-OH is 2. The van der Waals surface area contributed by atoms with E-state index in [4.69, 9.17) is 0 Å². The molecule has 3 heterocycles. The van der Waals surface area contributed by atoms with E-state index < -0.39 is 72.7 Å². The lowest BCUT2D eigenvalue weighted by Gasteiger charge is -2.56. The largest absolute Gasteiger partial charge is 0.422 e. The third kappa shape index (κ3) is 2.18. The number of fused-ring (bicyclic) bond motifs is 2. The molecule has 0 spiro atoms. The number of ether oxygens (including phenoxy) is 4. The van der Waals surface area contributed by atoms with Crippen LogP contribution >= 0.6 is 0 Å². The summed E-state index contributed by atoms with van der Waals surface area (Å²) in [5.74, 6) is -16.0. The van der Waals surface area contributed by atoms with Gasteiger partial charge in [-0.25, -0.2) is 4.79 Å². The van der Waals surface area contributed by atoms with Gasteiger partial charge in [0.05, 0.1) is 19.4 Å². The van der Waals surface area contributed by atoms with Gasteiger partial charge >= 0.3 is 35.5 Å². The van der Waals surface area contributed by atoms with Crippen LogP contribution in [-0.2, 0) is 33.3 Å². The van der Waals surface area contributed by atoms with Crippen LogP contribution in [0.1, 0.15) is 12.8 Å². The fourth-order valence-electron chi connectivity index (χ4n) is 2.84. The molecule has 3 aliphatic heterocycles. The number of carbonyl (C=O) groups is 3. The molecule has 0 amide bonds. The predicted octanol–water partition coefficient (Wildman–Crippen LogP) is -5.07. The highest BCUT2D eigenvalue weighted by molar-refractivity contribution is 5.91. The first kappa shape index (κ1) is 17.9. The number of aliphatic hydroxyl groups is 6. The Morgan fingerprint density at radius 2 is 1.52 bits per heavy atom. The van der Waals surface area contributed by atoms with Crippen molar-refractivity contribution in [3.8, 4) is 0 Å². The molecule has 2 unspecified atom stereocenters. The first-order valence-corrected chi connectivity index (χ1v) is 6.94. The summed E-state index contributed by atoms with van der Waals surface area (Å²) in [5, 5.41) is 60.9. The fraction of sp³-hybridized carbons (Fsp3) is 0.750. The van der Waals surface area contributed by atoms with Crippen molar-refractivity contribution in [1.82, 2.24) is 0 Å². The molecule has 140 valence electrons. The first-order valence-electron chi connectivity index (χ1n) is 6.94. The third-order valence-corrected chi connectivity index (χ3v) is 4.17. The summed E-state index contributed by atoms with van der Waals surface area (Å²) in [7, 11) is 0. The monoisotopic (exact) mass is 366 g/mol. The number of carbonyl (C=O) groups excluding carboxylic acids is 3. The Hall–Kier alpha value is -1.87. The van der Waals surface area contributed by atoms with Crippen molar-refractivity contribution in [2.24, 2.45) is 0 Å². The molecule has 2 bridgehead atoms. The summed E-state index contributed by atoms with van der Waals surface area (Å²) in [6.07, 6.45) is -6.78. The van der Waals surface area contributed by atoms with Crippen LogP contribution in [-0.4, -0.2) is 90.5 Å². The van der Waals surface area contributed by atoms with E-state index in [2.05, 4.69) is 18.9 Å². The van der Waals surface area contributed by atoms with Gasteiger partial charge < -0.3 is 49.6 Å². The summed E-state index contributed by atoms with van der Waals surface area (Å²) in [6, 6.07) is 0. The molecule has 0 aromatic carbocycles. The number of esters is 3. The van der Waals surface area contributed by atoms with Crippen LogP contribution in [0.15, 0.2) is 0 Å². The van der Waals surface area contributed by atoms with Gasteiger partial charge in [0.1, 0.15) is 6.10 Å². The van der Waals surface area contributed by atoms with E-state index in [0.717, 1.165) is 0 Å². The van der Waals surface area contributed by atoms with E-state index in [-0.39, 0.29) is 0 Å². The molecular formula is C12H14O13. The van der Waals surface area contributed by atoms with Crippen molar-refractivity contribution >= 4 is 17.9 Å². The fourth-order valence-corrected chi connectivity index (χ4v) is 2.84. The average molecular weight is 366 g/mol. The maximum absolute atomic E-state index is 12.1. The van der Waals surface area contributed by atoms with Crippen molar-refractivity contribution in [2.45, 2.75) is 48.2 Å². The Bertz CT molecular complexity index is 649. The zero-order valence-electron chi connectivity index (χ0n) is 12.3. The molecule has 13 nitrogen and oxygen atoms in total. The highest BCUT2D eigenvalue weighted by atomic mass is 16.9. The van der Waals surface area contributed by atoms with Gasteiger partial charge in [0.2, 0.25) is 0 Å². The van der Waals surface area contributed by atoms with Gasteiger partial charge in [-0.3, -0.25) is 9.59 Å². The summed E-state index contributed by atoms with van der Waals surface area (Å²) < 4.78 is 18.1. The van der Waals surface area contributed by atoms with Crippen LogP contribution in [0.3, 0.4) is 0 Å². The standard InChI is InChI=1S/C12H14O13/c13-3-4-7(16)10(19)11(20)12(21,22-4)24-6(15)2-9(18,8(17)25-11)1-5(14)23-10/h4,7,13,16,18-21H,1-3H2/t4-,7+,9?,10+,11-,12?/m1/s1. The Balaban J connectivity index is 2.26. The number of hydrogen-bond donors (Lipinski definition) is 6. The van der Waals surface area contributed by atoms with Gasteiger partial charge in [-0.05, 0) is 0 Å². The molecule has 0 aliphatic carbocycles. The van der Waals surface area contributed by atoms with Gasteiger partial charge in [0.15, 0.2) is 11.7 Å². The molecule has 0 radical (unpaired) electrons. The second-order valence-corrected chi connectivity index (χ2v) is 5.93. The maximum Gasteiger partial charge on any atom is 0.404 e. The van der Waals surface area contributed by atoms with Crippen molar-refractivity contribution < 1.29 is 64.0 Å². The Morgan fingerprint density at radius 3 is 2.08 bits per heavy atom. The maximum atomic E-state index is 12.1. The quantitative estimate of drug-likeness (QED) is 0.190. The summed E-state index contributed by atoms with van der Waals surface area (Å²) in [4.78, 5) is 35.9. The van der Waals surface area contributed by atoms with Crippen LogP contribution in [0.25, 0.3) is 0 Å². The van der Waals surface area contributed by atoms with Crippen molar-refractivity contribution in [3.63, 3.8) is 0 Å². The minimum Gasteiger partial charge on any atom is -0.422 e. The Morgan fingerprint density at radius 1 is 0.960 bits per heavy atom. The average Bonchev–Trinajstić information content (AvgIpc) is 2.47. The first-order chi connectivity index (χ1) is 11.4. The van der Waals surface area contributed by atoms with Gasteiger partial charge in [0, 0.05) is 0 Å². The molecule has 0 aromatic rings. The van der Waals surface area contributed by atoms with E-state index in [1.165, 1.54) is 0 Å². The third-order valence-electron chi connectivity index (χ3n) is 4.17. The normalized spacial score (nSPS) is 49.9. The highest BCUT2D eigenvalue weighted by Gasteiger charge is 2.82. The van der Waals surface area contributed by atoms with Crippen LogP contribution in [0, 0.1) is 0 Å². The molecule has 0 saturated carbocycles. The molecule has 3 saturated heterocycles. The minimum absolute atomic E-state index is 1.10. The molecule has 13 heteroatoms. The van der Waals surface area contributed by atoms with E-state index in [1.54, 1.807) is 0 Å². The van der Waals surface area contributed by atoms with Gasteiger partial charge in [-0.1, -0.05) is 0 Å². The molecule has 25 heavy (non-hydrogen) atoms. The smallest absolute Gasteiger partial charge is 0.404 e. The predicted molar refractivity (Wildman–Crippen MR) is 65.3 cm³/mol. The number of rotatable bonds is 1. The van der Waals surface area contributed by atoms with E-state index in [0.29, 0.717) is 0 Å². The molecule has 3 rings (SSSR count).